The highest BCUT2D eigenvalue weighted by atomic mass is 32.1. The van der Waals surface area contributed by atoms with Crippen molar-refractivity contribution in [3.63, 3.8) is 0 Å². The van der Waals surface area contributed by atoms with Gasteiger partial charge in [-0.25, -0.2) is 9.97 Å². The second-order valence-electron chi connectivity index (χ2n) is 5.25. The normalized spacial score (nSPS) is 14.5. The average molecular weight is 302 g/mol. The molecule has 6 heteroatoms. The van der Waals surface area contributed by atoms with Crippen LogP contribution in [-0.2, 0) is 0 Å². The summed E-state index contributed by atoms with van der Waals surface area (Å²) in [4.78, 5) is 10.2. The van der Waals surface area contributed by atoms with E-state index in [9.17, 15) is 5.11 Å². The maximum absolute atomic E-state index is 10.0. The Morgan fingerprint density at radius 1 is 1.33 bits per heavy atom. The van der Waals surface area contributed by atoms with Gasteiger partial charge in [-0.05, 0) is 39.0 Å². The number of aryl methyl sites for hydroxylation is 1. The van der Waals surface area contributed by atoms with Crippen LogP contribution >= 0.6 is 11.3 Å². The van der Waals surface area contributed by atoms with E-state index in [1.54, 1.807) is 18.3 Å². The van der Waals surface area contributed by atoms with Gasteiger partial charge in [0.2, 0.25) is 0 Å². The largest absolute Gasteiger partial charge is 0.399 e. The molecule has 0 aliphatic carbocycles. The summed E-state index contributed by atoms with van der Waals surface area (Å²) < 4.78 is 2.04. The number of anilines is 1. The molecular weight excluding hydrogens is 284 g/mol. The van der Waals surface area contributed by atoms with Crippen molar-refractivity contribution in [2.45, 2.75) is 32.9 Å². The Kier molecular flexibility index (Phi) is 3.43. The minimum absolute atomic E-state index is 0.0157. The highest BCUT2D eigenvalue weighted by Gasteiger charge is 2.21. The second kappa shape index (κ2) is 5.13. The summed E-state index contributed by atoms with van der Waals surface area (Å²) in [7, 11) is 0. The first-order valence-electron chi connectivity index (χ1n) is 6.85. The van der Waals surface area contributed by atoms with Crippen LogP contribution in [0.2, 0.25) is 0 Å². The number of aromatic nitrogens is 3. The van der Waals surface area contributed by atoms with E-state index in [0.717, 1.165) is 16.0 Å². The first-order chi connectivity index (χ1) is 9.97. The lowest BCUT2D eigenvalue weighted by Crippen LogP contribution is -2.12. The van der Waals surface area contributed by atoms with Crippen LogP contribution in [0, 0.1) is 6.92 Å². The number of aliphatic hydroxyl groups excluding tert-OH is 1. The van der Waals surface area contributed by atoms with Gasteiger partial charge in [0, 0.05) is 16.8 Å². The molecule has 3 aromatic rings. The van der Waals surface area contributed by atoms with Crippen molar-refractivity contribution in [1.29, 1.82) is 0 Å². The van der Waals surface area contributed by atoms with Crippen molar-refractivity contribution < 1.29 is 5.11 Å². The smallest absolute Gasteiger partial charge is 0.139 e. The van der Waals surface area contributed by atoms with Crippen LogP contribution < -0.4 is 5.73 Å². The Bertz CT molecular complexity index is 790. The van der Waals surface area contributed by atoms with Crippen LogP contribution in [0.5, 0.6) is 0 Å². The van der Waals surface area contributed by atoms with E-state index in [4.69, 9.17) is 5.73 Å². The fourth-order valence-corrected chi connectivity index (χ4v) is 3.33. The summed E-state index contributed by atoms with van der Waals surface area (Å²) in [6, 6.07) is 5.64. The Morgan fingerprint density at radius 3 is 2.71 bits per heavy atom. The fourth-order valence-electron chi connectivity index (χ4n) is 2.51. The van der Waals surface area contributed by atoms with E-state index in [0.29, 0.717) is 11.5 Å². The second-order valence-corrected chi connectivity index (χ2v) is 6.52. The van der Waals surface area contributed by atoms with Crippen molar-refractivity contribution in [1.82, 2.24) is 14.5 Å². The molecule has 2 heterocycles. The van der Waals surface area contributed by atoms with E-state index in [-0.39, 0.29) is 6.04 Å². The van der Waals surface area contributed by atoms with Gasteiger partial charge in [0.05, 0.1) is 17.1 Å². The van der Waals surface area contributed by atoms with Crippen LogP contribution in [0.4, 0.5) is 5.69 Å². The SMILES string of the molecule is Cc1cnc(C(C)n2c(C(C)O)nc3cc(N)ccc32)s1. The predicted octanol–water partition coefficient (Wildman–Crippen LogP) is 3.05. The van der Waals surface area contributed by atoms with Gasteiger partial charge in [-0.2, -0.15) is 0 Å². The third-order valence-corrected chi connectivity index (χ3v) is 4.58. The Balaban J connectivity index is 2.21. The monoisotopic (exact) mass is 302 g/mol. The van der Waals surface area contributed by atoms with Crippen LogP contribution in [0.1, 0.15) is 41.7 Å². The number of rotatable bonds is 3. The Hall–Kier alpha value is -1.92. The number of thiazole rings is 1. The number of nitrogen functional groups attached to an aromatic ring is 1. The number of benzene rings is 1. The lowest BCUT2D eigenvalue weighted by molar-refractivity contribution is 0.183. The van der Waals surface area contributed by atoms with Gasteiger partial charge >= 0.3 is 0 Å². The highest BCUT2D eigenvalue weighted by Crippen LogP contribution is 2.31. The van der Waals surface area contributed by atoms with Crippen molar-refractivity contribution in [3.8, 4) is 0 Å². The van der Waals surface area contributed by atoms with Crippen molar-refractivity contribution >= 4 is 28.1 Å². The van der Waals surface area contributed by atoms with Gasteiger partial charge in [-0.1, -0.05) is 0 Å². The molecule has 3 rings (SSSR count). The first-order valence-corrected chi connectivity index (χ1v) is 7.66. The number of aliphatic hydroxyl groups is 1. The van der Waals surface area contributed by atoms with Gasteiger partial charge in [-0.3, -0.25) is 0 Å². The van der Waals surface area contributed by atoms with Crippen LogP contribution in [0.15, 0.2) is 24.4 Å². The topological polar surface area (TPSA) is 77.0 Å². The van der Waals surface area contributed by atoms with Crippen LogP contribution in [-0.4, -0.2) is 19.6 Å². The molecule has 0 amide bonds. The molecule has 0 fully saturated rings. The lowest BCUT2D eigenvalue weighted by Gasteiger charge is -2.16. The molecule has 21 heavy (non-hydrogen) atoms. The number of fused-ring (bicyclic) bond motifs is 1. The summed E-state index contributed by atoms with van der Waals surface area (Å²) in [6.45, 7) is 5.83. The molecule has 0 spiro atoms. The summed E-state index contributed by atoms with van der Waals surface area (Å²) in [5.41, 5.74) is 8.25. The molecule has 1 aromatic carbocycles. The number of nitrogens with zero attached hydrogens (tertiary/aromatic N) is 3. The molecular formula is C15H18N4OS. The van der Waals surface area contributed by atoms with Crippen LogP contribution in [0.25, 0.3) is 11.0 Å². The summed E-state index contributed by atoms with van der Waals surface area (Å²) in [5, 5.41) is 11.0. The molecule has 0 saturated heterocycles. The Morgan fingerprint density at radius 2 is 2.10 bits per heavy atom. The third-order valence-electron chi connectivity index (χ3n) is 3.50. The maximum Gasteiger partial charge on any atom is 0.139 e. The molecule has 0 aliphatic heterocycles. The molecule has 2 aromatic heterocycles. The van der Waals surface area contributed by atoms with Crippen molar-refractivity contribution in [3.05, 3.63) is 40.1 Å². The lowest BCUT2D eigenvalue weighted by atomic mass is 10.2. The van der Waals surface area contributed by atoms with Gasteiger partial charge in [0.1, 0.15) is 16.9 Å². The van der Waals surface area contributed by atoms with E-state index in [1.165, 1.54) is 4.88 Å². The first kappa shape index (κ1) is 14.0. The van der Waals surface area contributed by atoms with Crippen LogP contribution in [0.3, 0.4) is 0 Å². The van der Waals surface area contributed by atoms with Crippen molar-refractivity contribution in [2.75, 3.05) is 5.73 Å². The number of nitrogens with two attached hydrogens (primary N) is 1. The van der Waals surface area contributed by atoms with E-state index in [2.05, 4.69) is 16.9 Å². The minimum Gasteiger partial charge on any atom is -0.399 e. The zero-order valence-corrected chi connectivity index (χ0v) is 13.1. The Labute approximate surface area is 127 Å². The number of imidazole rings is 1. The number of hydrogen-bond donors (Lipinski definition) is 2. The van der Waals surface area contributed by atoms with Crippen molar-refractivity contribution in [2.24, 2.45) is 0 Å². The predicted molar refractivity (Wildman–Crippen MR) is 85.4 cm³/mol. The summed E-state index contributed by atoms with van der Waals surface area (Å²) in [5.74, 6) is 0.635. The number of hydrogen-bond acceptors (Lipinski definition) is 5. The van der Waals surface area contributed by atoms with E-state index >= 15 is 0 Å². The summed E-state index contributed by atoms with van der Waals surface area (Å²) >= 11 is 1.66. The molecule has 0 saturated carbocycles. The van der Waals surface area contributed by atoms with Gasteiger partial charge in [-0.15, -0.1) is 11.3 Å². The molecule has 0 bridgehead atoms. The molecule has 2 unspecified atom stereocenters. The fraction of sp³-hybridized carbons (Fsp3) is 0.333. The molecule has 5 nitrogen and oxygen atoms in total. The van der Waals surface area contributed by atoms with Gasteiger partial charge in [0.15, 0.2) is 0 Å². The standard InChI is InChI=1S/C15H18N4OS/c1-8-7-17-15(21-8)9(2)19-13-5-4-11(16)6-12(13)18-14(19)10(3)20/h4-7,9-10,20H,16H2,1-3H3. The quantitative estimate of drug-likeness (QED) is 0.729. The average Bonchev–Trinajstić information content (AvgIpc) is 3.01. The zero-order valence-electron chi connectivity index (χ0n) is 12.2. The van der Waals surface area contributed by atoms with E-state index < -0.39 is 6.10 Å². The molecule has 0 aliphatic rings. The molecule has 0 radical (unpaired) electrons. The maximum atomic E-state index is 10.0. The van der Waals surface area contributed by atoms with Gasteiger partial charge < -0.3 is 15.4 Å². The van der Waals surface area contributed by atoms with Gasteiger partial charge in [0.25, 0.3) is 0 Å². The zero-order chi connectivity index (χ0) is 15.1. The minimum atomic E-state index is -0.651. The highest BCUT2D eigenvalue weighted by molar-refractivity contribution is 7.11. The molecule has 110 valence electrons. The third kappa shape index (κ3) is 2.41. The summed E-state index contributed by atoms with van der Waals surface area (Å²) in [6.07, 6.45) is 1.22. The van der Waals surface area contributed by atoms with E-state index in [1.807, 2.05) is 35.9 Å². The molecule has 2 atom stereocenters. The molecule has 3 N–H and O–H groups in total.